The van der Waals surface area contributed by atoms with Gasteiger partial charge in [0, 0.05) is 31.0 Å². The predicted molar refractivity (Wildman–Crippen MR) is 59.5 cm³/mol. The monoisotopic (exact) mass is 215 g/mol. The van der Waals surface area contributed by atoms with Gasteiger partial charge in [-0.3, -0.25) is 9.67 Å². The van der Waals surface area contributed by atoms with Crippen molar-refractivity contribution in [3.8, 4) is 11.4 Å². The first kappa shape index (κ1) is 10.8. The number of hydrogen-bond donors (Lipinski definition) is 0. The van der Waals surface area contributed by atoms with E-state index in [2.05, 4.69) is 15.1 Å². The summed E-state index contributed by atoms with van der Waals surface area (Å²) in [5.41, 5.74) is 9.59. The predicted octanol–water partition coefficient (Wildman–Crippen LogP) is 1.19. The normalized spacial score (nSPS) is 10.6. The topological polar surface area (TPSA) is 65.9 Å². The lowest BCUT2D eigenvalue weighted by molar-refractivity contribution is 0.559. The molecule has 0 unspecified atom stereocenters. The summed E-state index contributed by atoms with van der Waals surface area (Å²) >= 11 is 0. The highest BCUT2D eigenvalue weighted by molar-refractivity contribution is 5.51. The number of nitrogens with zero attached hydrogens (tertiary/aromatic N) is 5. The van der Waals surface area contributed by atoms with Crippen LogP contribution in [0.25, 0.3) is 11.4 Å². The Hall–Kier alpha value is -1.75. The molecule has 5 heteroatoms. The summed E-state index contributed by atoms with van der Waals surface area (Å²) < 4.78 is 1.79. The Morgan fingerprint density at radius 2 is 2.25 bits per heavy atom. The van der Waals surface area contributed by atoms with Gasteiger partial charge in [0.25, 0.3) is 0 Å². The van der Waals surface area contributed by atoms with Crippen LogP contribution in [0.5, 0.6) is 0 Å². The average molecular weight is 215 g/mol. The van der Waals surface area contributed by atoms with Crippen LogP contribution in [0.3, 0.4) is 0 Å². The Morgan fingerprint density at radius 3 is 3.00 bits per heavy atom. The Kier molecular flexibility index (Phi) is 3.61. The molecule has 16 heavy (non-hydrogen) atoms. The van der Waals surface area contributed by atoms with Crippen LogP contribution in [0.2, 0.25) is 0 Å². The lowest BCUT2D eigenvalue weighted by Gasteiger charge is -1.97. The van der Waals surface area contributed by atoms with Gasteiger partial charge >= 0.3 is 0 Å². The quantitative estimate of drug-likeness (QED) is 0.703. The van der Waals surface area contributed by atoms with E-state index in [1.165, 1.54) is 0 Å². The van der Waals surface area contributed by atoms with E-state index in [0.29, 0.717) is 5.82 Å². The molecule has 0 saturated heterocycles. The molecular formula is C11H13N5. The smallest absolute Gasteiger partial charge is 0.182 e. The van der Waals surface area contributed by atoms with Crippen molar-refractivity contribution in [1.82, 2.24) is 25.5 Å². The number of aromatic nitrogens is 4. The minimum Gasteiger partial charge on any atom is -0.264 e. The summed E-state index contributed by atoms with van der Waals surface area (Å²) in [7, 11) is 0. The molecule has 0 aliphatic carbocycles. The molecule has 2 aromatic heterocycles. The van der Waals surface area contributed by atoms with E-state index in [9.17, 15) is 0 Å². The summed E-state index contributed by atoms with van der Waals surface area (Å²) in [4.78, 5) is 8.24. The second-order valence-corrected chi connectivity index (χ2v) is 3.50. The van der Waals surface area contributed by atoms with Crippen LogP contribution in [0.1, 0.15) is 12.8 Å². The third-order valence-corrected chi connectivity index (χ3v) is 2.25. The summed E-state index contributed by atoms with van der Waals surface area (Å²) in [6, 6.07) is 3.79. The minimum atomic E-state index is 0.226. The van der Waals surface area contributed by atoms with Gasteiger partial charge in [-0.2, -0.15) is 5.10 Å². The first-order chi connectivity index (χ1) is 7.90. The van der Waals surface area contributed by atoms with Gasteiger partial charge in [-0.1, -0.05) is 0 Å². The molecule has 0 saturated carbocycles. The standard InChI is InChI=1S/C11H13N5/c12-5-1-2-7-16-9-14-11(15-16)10-4-3-6-13-8-10/h3-4,6,8-9H,1-2,5,7H2. The van der Waals surface area contributed by atoms with Crippen LogP contribution in [0.15, 0.2) is 30.9 Å². The maximum absolute atomic E-state index is 8.67. The van der Waals surface area contributed by atoms with Crippen LogP contribution in [-0.4, -0.2) is 26.3 Å². The summed E-state index contributed by atoms with van der Waals surface area (Å²) in [5.74, 6) is 0.692. The summed E-state index contributed by atoms with van der Waals surface area (Å²) in [6.45, 7) is 1.01. The van der Waals surface area contributed by atoms with E-state index in [1.807, 2.05) is 12.1 Å². The fourth-order valence-electron chi connectivity index (χ4n) is 1.42. The minimum absolute atomic E-state index is 0.226. The van der Waals surface area contributed by atoms with Crippen molar-refractivity contribution in [3.05, 3.63) is 30.9 Å². The largest absolute Gasteiger partial charge is 0.264 e. The highest BCUT2D eigenvalue weighted by atomic mass is 15.3. The van der Waals surface area contributed by atoms with Crippen molar-refractivity contribution in [2.24, 2.45) is 0 Å². The van der Waals surface area contributed by atoms with Crippen LogP contribution < -0.4 is 5.73 Å². The molecule has 0 N–H and O–H groups in total. The van der Waals surface area contributed by atoms with Gasteiger partial charge in [-0.25, -0.2) is 4.98 Å². The average Bonchev–Trinajstić information content (AvgIpc) is 2.79. The van der Waals surface area contributed by atoms with Crippen molar-refractivity contribution >= 4 is 0 Å². The van der Waals surface area contributed by atoms with E-state index >= 15 is 0 Å². The van der Waals surface area contributed by atoms with Gasteiger partial charge in [-0.15, -0.1) is 5.73 Å². The maximum Gasteiger partial charge on any atom is 0.182 e. The zero-order chi connectivity index (χ0) is 11.2. The van der Waals surface area contributed by atoms with Crippen molar-refractivity contribution in [2.75, 3.05) is 6.54 Å². The number of rotatable bonds is 5. The number of unbranched alkanes of at least 4 members (excludes halogenated alkanes) is 1. The molecule has 5 nitrogen and oxygen atoms in total. The molecule has 0 atom stereocenters. The molecule has 2 rings (SSSR count). The molecule has 2 radical (unpaired) electrons. The van der Waals surface area contributed by atoms with Crippen molar-refractivity contribution in [1.29, 1.82) is 0 Å². The molecule has 0 amide bonds. The fraction of sp³-hybridized carbons (Fsp3) is 0.364. The zero-order valence-corrected chi connectivity index (χ0v) is 8.95. The van der Waals surface area contributed by atoms with Crippen LogP contribution in [-0.2, 0) is 6.54 Å². The van der Waals surface area contributed by atoms with E-state index in [1.54, 1.807) is 23.4 Å². The number of hydrogen-bond acceptors (Lipinski definition) is 3. The first-order valence-corrected chi connectivity index (χ1v) is 5.31. The molecule has 82 valence electrons. The fourth-order valence-corrected chi connectivity index (χ4v) is 1.42. The van der Waals surface area contributed by atoms with E-state index in [-0.39, 0.29) is 6.54 Å². The lowest BCUT2D eigenvalue weighted by atomic mass is 10.3. The van der Waals surface area contributed by atoms with Crippen LogP contribution in [0, 0.1) is 0 Å². The van der Waals surface area contributed by atoms with Gasteiger partial charge in [0.15, 0.2) is 5.82 Å². The highest BCUT2D eigenvalue weighted by Crippen LogP contribution is 2.11. The molecule has 0 spiro atoms. The summed E-state index contributed by atoms with van der Waals surface area (Å²) in [6.07, 6.45) is 6.88. The molecule has 2 aromatic rings. The van der Waals surface area contributed by atoms with E-state index in [4.69, 9.17) is 5.73 Å². The van der Waals surface area contributed by atoms with Crippen LogP contribution >= 0.6 is 0 Å². The van der Waals surface area contributed by atoms with Gasteiger partial charge in [0.05, 0.1) is 0 Å². The van der Waals surface area contributed by atoms with Crippen molar-refractivity contribution in [2.45, 2.75) is 19.4 Å². The summed E-state index contributed by atoms with van der Waals surface area (Å²) in [5, 5.41) is 4.34. The van der Waals surface area contributed by atoms with Crippen LogP contribution in [0.4, 0.5) is 0 Å². The number of pyridine rings is 1. The Labute approximate surface area is 94.3 Å². The SMILES string of the molecule is [N]CCCCn1cnc(-c2cccnc2)n1. The maximum atomic E-state index is 8.67. The molecular weight excluding hydrogens is 202 g/mol. The molecule has 0 aliphatic rings. The highest BCUT2D eigenvalue weighted by Gasteiger charge is 2.03. The Balaban J connectivity index is 2.02. The zero-order valence-electron chi connectivity index (χ0n) is 8.95. The Morgan fingerprint density at radius 1 is 1.31 bits per heavy atom. The van der Waals surface area contributed by atoms with Crippen molar-refractivity contribution < 1.29 is 0 Å². The van der Waals surface area contributed by atoms with Gasteiger partial charge in [0.1, 0.15) is 6.33 Å². The molecule has 2 heterocycles. The Bertz CT molecular complexity index is 423. The molecule has 0 fully saturated rings. The van der Waals surface area contributed by atoms with E-state index < -0.39 is 0 Å². The third-order valence-electron chi connectivity index (χ3n) is 2.25. The second kappa shape index (κ2) is 5.37. The third kappa shape index (κ3) is 2.64. The second-order valence-electron chi connectivity index (χ2n) is 3.50. The van der Waals surface area contributed by atoms with Gasteiger partial charge in [-0.05, 0) is 25.0 Å². The van der Waals surface area contributed by atoms with Gasteiger partial charge < -0.3 is 0 Å². The first-order valence-electron chi connectivity index (χ1n) is 5.31. The van der Waals surface area contributed by atoms with Crippen molar-refractivity contribution in [3.63, 3.8) is 0 Å². The lowest BCUT2D eigenvalue weighted by Crippen LogP contribution is -2.00. The number of aryl methyl sites for hydroxylation is 1. The molecule has 0 bridgehead atoms. The molecule has 0 aromatic carbocycles. The van der Waals surface area contributed by atoms with Gasteiger partial charge in [0.2, 0.25) is 0 Å². The van der Waals surface area contributed by atoms with E-state index in [0.717, 1.165) is 24.9 Å². The molecule has 0 aliphatic heterocycles.